The van der Waals surface area contributed by atoms with Gasteiger partial charge in [0, 0.05) is 30.6 Å². The average molecular weight is 544 g/mol. The highest BCUT2D eigenvalue weighted by Gasteiger charge is 2.31. The Hall–Kier alpha value is -2.78. The molecular formula is C29H45F4N3O2. The van der Waals surface area contributed by atoms with Crippen LogP contribution in [0.3, 0.4) is 0 Å². The fourth-order valence-corrected chi connectivity index (χ4v) is 3.67. The molecule has 0 saturated carbocycles. The molecule has 0 fully saturated rings. The van der Waals surface area contributed by atoms with Gasteiger partial charge in [-0.2, -0.15) is 13.2 Å². The number of aliphatic hydroxyl groups excluding tert-OH is 1. The molecule has 216 valence electrons. The van der Waals surface area contributed by atoms with E-state index in [2.05, 4.69) is 28.3 Å². The average Bonchev–Trinajstić information content (AvgIpc) is 3.47. The third kappa shape index (κ3) is 13.1. The lowest BCUT2D eigenvalue weighted by Crippen LogP contribution is -2.29. The van der Waals surface area contributed by atoms with E-state index in [1.807, 2.05) is 41.4 Å². The van der Waals surface area contributed by atoms with Gasteiger partial charge in [-0.05, 0) is 75.0 Å². The highest BCUT2D eigenvalue weighted by atomic mass is 19.4. The highest BCUT2D eigenvalue weighted by molar-refractivity contribution is 6.02. The molecule has 0 spiro atoms. The van der Waals surface area contributed by atoms with Crippen molar-refractivity contribution in [2.75, 3.05) is 20.1 Å². The van der Waals surface area contributed by atoms with Gasteiger partial charge in [-0.1, -0.05) is 46.4 Å². The van der Waals surface area contributed by atoms with Gasteiger partial charge in [0.1, 0.15) is 12.6 Å². The molecule has 9 heteroatoms. The Labute approximate surface area is 225 Å². The largest absolute Gasteiger partial charge is 0.416 e. The molecule has 1 aromatic rings. The van der Waals surface area contributed by atoms with Crippen LogP contribution in [0.2, 0.25) is 0 Å². The van der Waals surface area contributed by atoms with Crippen LogP contribution < -0.4 is 10.6 Å². The lowest BCUT2D eigenvalue weighted by atomic mass is 9.96. The third-order valence-corrected chi connectivity index (χ3v) is 5.48. The summed E-state index contributed by atoms with van der Waals surface area (Å²) in [5, 5.41) is 16.7. The fraction of sp³-hybridized carbons (Fsp3) is 0.517. The van der Waals surface area contributed by atoms with Gasteiger partial charge in [0.2, 0.25) is 0 Å². The number of alkyl halides is 3. The van der Waals surface area contributed by atoms with E-state index in [0.717, 1.165) is 48.2 Å². The van der Waals surface area contributed by atoms with Crippen molar-refractivity contribution in [3.8, 4) is 0 Å². The summed E-state index contributed by atoms with van der Waals surface area (Å²) in [7, 11) is 1.80. The predicted octanol–water partition coefficient (Wildman–Crippen LogP) is 6.78. The SMILES string of the molecule is C=CN=C(Cc1ccc(C(F)(F)F)cc1F)/C(CCNC)=C(\C)NCC(O)C1=CCCC1.C=O.CC.CC. The maximum atomic E-state index is 14.5. The van der Waals surface area contributed by atoms with E-state index in [1.165, 1.54) is 6.20 Å². The number of rotatable bonds is 11. The minimum Gasteiger partial charge on any atom is -0.387 e. The van der Waals surface area contributed by atoms with Crippen molar-refractivity contribution >= 4 is 12.5 Å². The molecule has 1 aliphatic carbocycles. The van der Waals surface area contributed by atoms with Crippen LogP contribution in [0.25, 0.3) is 0 Å². The molecule has 0 aromatic heterocycles. The van der Waals surface area contributed by atoms with Crippen LogP contribution in [0, 0.1) is 5.82 Å². The maximum absolute atomic E-state index is 14.5. The van der Waals surface area contributed by atoms with Crippen LogP contribution >= 0.6 is 0 Å². The second-order valence-corrected chi connectivity index (χ2v) is 7.76. The van der Waals surface area contributed by atoms with Crippen LogP contribution in [-0.4, -0.2) is 43.8 Å². The summed E-state index contributed by atoms with van der Waals surface area (Å²) in [4.78, 5) is 12.3. The number of aliphatic hydroxyl groups is 1. The van der Waals surface area contributed by atoms with E-state index in [4.69, 9.17) is 4.79 Å². The zero-order chi connectivity index (χ0) is 29.7. The van der Waals surface area contributed by atoms with Crippen molar-refractivity contribution in [2.45, 2.75) is 79.0 Å². The monoisotopic (exact) mass is 543 g/mol. The number of aliphatic imine (C=N–C) groups is 1. The lowest BCUT2D eigenvalue weighted by molar-refractivity contribution is -0.137. The van der Waals surface area contributed by atoms with E-state index in [1.54, 1.807) is 7.05 Å². The number of carbonyl (C=O) groups is 1. The molecule has 0 bridgehead atoms. The highest BCUT2D eigenvalue weighted by Crippen LogP contribution is 2.30. The summed E-state index contributed by atoms with van der Waals surface area (Å²) >= 11 is 0. The van der Waals surface area contributed by atoms with Crippen molar-refractivity contribution in [2.24, 2.45) is 4.99 Å². The van der Waals surface area contributed by atoms with E-state index in [9.17, 15) is 22.7 Å². The number of benzene rings is 1. The molecule has 0 radical (unpaired) electrons. The number of hydrogen-bond acceptors (Lipinski definition) is 5. The molecule has 38 heavy (non-hydrogen) atoms. The Bertz CT molecular complexity index is 910. The Morgan fingerprint density at radius 2 is 1.84 bits per heavy atom. The second kappa shape index (κ2) is 21.2. The quantitative estimate of drug-likeness (QED) is 0.163. The Balaban J connectivity index is 0. The molecule has 0 aliphatic heterocycles. The molecule has 0 saturated heterocycles. The van der Waals surface area contributed by atoms with Crippen LogP contribution in [-0.2, 0) is 17.4 Å². The first kappa shape index (κ1) is 37.4. The first-order chi connectivity index (χ1) is 18.2. The molecule has 1 aliphatic rings. The molecule has 3 N–H and O–H groups in total. The first-order valence-electron chi connectivity index (χ1n) is 12.9. The molecule has 5 nitrogen and oxygen atoms in total. The zero-order valence-electron chi connectivity index (χ0n) is 23.6. The number of carbonyl (C=O) groups excluding carboxylic acids is 1. The van der Waals surface area contributed by atoms with Gasteiger partial charge < -0.3 is 20.5 Å². The molecular weight excluding hydrogens is 498 g/mol. The number of nitrogens with one attached hydrogen (secondary N) is 2. The number of hydrogen-bond donors (Lipinski definition) is 3. The molecule has 0 amide bonds. The van der Waals surface area contributed by atoms with Crippen LogP contribution in [0.15, 0.2) is 58.9 Å². The Kier molecular flexibility index (Phi) is 20.8. The van der Waals surface area contributed by atoms with Gasteiger partial charge >= 0.3 is 6.18 Å². The summed E-state index contributed by atoms with van der Waals surface area (Å²) in [6, 6.07) is 2.53. The first-order valence-corrected chi connectivity index (χ1v) is 12.9. The van der Waals surface area contributed by atoms with E-state index < -0.39 is 23.7 Å². The summed E-state index contributed by atoms with van der Waals surface area (Å²) in [6.07, 6.45) is 1.68. The maximum Gasteiger partial charge on any atom is 0.416 e. The fourth-order valence-electron chi connectivity index (χ4n) is 3.67. The second-order valence-electron chi connectivity index (χ2n) is 7.76. The normalized spacial score (nSPS) is 14.3. The number of allylic oxidation sites excluding steroid dienone is 2. The van der Waals surface area contributed by atoms with Crippen LogP contribution in [0.4, 0.5) is 17.6 Å². The molecule has 1 unspecified atom stereocenters. The summed E-state index contributed by atoms with van der Waals surface area (Å²) < 4.78 is 53.1. The van der Waals surface area contributed by atoms with Crippen molar-refractivity contribution < 1.29 is 27.5 Å². The van der Waals surface area contributed by atoms with E-state index >= 15 is 0 Å². The lowest BCUT2D eigenvalue weighted by Gasteiger charge is -2.19. The Morgan fingerprint density at radius 3 is 2.32 bits per heavy atom. The van der Waals surface area contributed by atoms with E-state index in [0.29, 0.717) is 31.3 Å². The van der Waals surface area contributed by atoms with Gasteiger partial charge in [-0.25, -0.2) is 4.39 Å². The summed E-state index contributed by atoms with van der Waals surface area (Å²) in [5.41, 5.74) is 2.18. The van der Waals surface area contributed by atoms with Gasteiger partial charge in [0.05, 0.1) is 11.7 Å². The third-order valence-electron chi connectivity index (χ3n) is 5.48. The number of halogens is 4. The Morgan fingerprint density at radius 1 is 1.21 bits per heavy atom. The van der Waals surface area contributed by atoms with Gasteiger partial charge in [-0.15, -0.1) is 0 Å². The molecule has 1 atom stereocenters. The predicted molar refractivity (Wildman–Crippen MR) is 150 cm³/mol. The standard InChI is InChI=1S/C24H31F4N3O.2C2H6.CH2O/c1-4-30-22(13-18-9-10-19(14-21(18)25)24(26,27)28)20(11-12-29-3)16(2)31-15-23(32)17-7-5-6-8-17;3*1-2/h4,7,9-10,14,23,29,31-32H,1,5-6,8,11-13,15H2,2-3H3;2*1-2H3;1H2/b20-16+,30-22?;;;. The smallest absolute Gasteiger partial charge is 0.387 e. The van der Waals surface area contributed by atoms with Gasteiger partial charge in [-0.3, -0.25) is 4.99 Å². The van der Waals surface area contributed by atoms with E-state index in [-0.39, 0.29) is 12.0 Å². The van der Waals surface area contributed by atoms with Crippen molar-refractivity contribution in [3.05, 3.63) is 70.8 Å². The summed E-state index contributed by atoms with van der Waals surface area (Å²) in [6.45, 7) is 16.4. The summed E-state index contributed by atoms with van der Waals surface area (Å²) in [5.74, 6) is -0.932. The van der Waals surface area contributed by atoms with Crippen LogP contribution in [0.5, 0.6) is 0 Å². The minimum atomic E-state index is -4.61. The molecule has 1 aromatic carbocycles. The van der Waals surface area contributed by atoms with Gasteiger partial charge in [0.15, 0.2) is 0 Å². The topological polar surface area (TPSA) is 73.7 Å². The molecule has 2 rings (SSSR count). The van der Waals surface area contributed by atoms with Crippen molar-refractivity contribution in [1.82, 2.24) is 10.6 Å². The number of nitrogens with zero attached hydrogens (tertiary/aromatic N) is 1. The van der Waals surface area contributed by atoms with Crippen molar-refractivity contribution in [3.63, 3.8) is 0 Å². The van der Waals surface area contributed by atoms with Gasteiger partial charge in [0.25, 0.3) is 0 Å². The molecule has 0 heterocycles. The minimum absolute atomic E-state index is 0.0156. The zero-order valence-corrected chi connectivity index (χ0v) is 23.6. The van der Waals surface area contributed by atoms with Crippen molar-refractivity contribution in [1.29, 1.82) is 0 Å². The van der Waals surface area contributed by atoms with Crippen LogP contribution in [0.1, 0.15) is 71.4 Å².